The number of hydrogen-bond donors (Lipinski definition) is 1. The van der Waals surface area contributed by atoms with Gasteiger partial charge in [-0.25, -0.2) is 8.42 Å². The van der Waals surface area contributed by atoms with Crippen molar-refractivity contribution in [2.45, 2.75) is 39.5 Å². The van der Waals surface area contributed by atoms with E-state index in [1.54, 1.807) is 36.4 Å². The van der Waals surface area contributed by atoms with Crippen molar-refractivity contribution < 1.29 is 17.9 Å². The number of sulfonamides is 1. The topological polar surface area (TPSA) is 75.7 Å². The first-order valence-electron chi connectivity index (χ1n) is 11.2. The molecule has 0 aliphatic rings. The van der Waals surface area contributed by atoms with Crippen LogP contribution in [0, 0.1) is 34.6 Å². The van der Waals surface area contributed by atoms with Gasteiger partial charge in [0.05, 0.1) is 17.1 Å². The molecule has 0 saturated heterocycles. The second-order valence-corrected chi connectivity index (χ2v) is 10.5. The van der Waals surface area contributed by atoms with Gasteiger partial charge >= 0.3 is 0 Å². The maximum absolute atomic E-state index is 13.5. The molecule has 0 aromatic heterocycles. The average Bonchev–Trinajstić information content (AvgIpc) is 2.77. The van der Waals surface area contributed by atoms with Crippen molar-refractivity contribution in [1.82, 2.24) is 5.32 Å². The third kappa shape index (κ3) is 6.38. The Balaban J connectivity index is 1.73. The Labute approximate surface area is 202 Å². The first-order chi connectivity index (χ1) is 16.1. The zero-order chi connectivity index (χ0) is 24.9. The highest BCUT2D eigenvalue weighted by atomic mass is 32.2. The van der Waals surface area contributed by atoms with Crippen molar-refractivity contribution in [3.05, 3.63) is 88.5 Å². The highest BCUT2D eigenvalue weighted by Gasteiger charge is 2.27. The second kappa shape index (κ2) is 10.7. The Morgan fingerprint density at radius 3 is 2.09 bits per heavy atom. The SMILES string of the molecule is Cc1ccc(S(=O)(=O)N(CC(=O)NCCOc2ccc(C)c(C)c2)c2cc(C)cc(C)c2)cc1. The molecule has 0 radical (unpaired) electrons. The summed E-state index contributed by atoms with van der Waals surface area (Å²) in [5.74, 6) is 0.328. The molecule has 1 N–H and O–H groups in total. The highest BCUT2D eigenvalue weighted by molar-refractivity contribution is 7.92. The molecule has 3 aromatic carbocycles. The Morgan fingerprint density at radius 2 is 1.47 bits per heavy atom. The predicted molar refractivity (Wildman–Crippen MR) is 136 cm³/mol. The fourth-order valence-corrected chi connectivity index (χ4v) is 5.00. The summed E-state index contributed by atoms with van der Waals surface area (Å²) in [6, 6.07) is 18.0. The van der Waals surface area contributed by atoms with Crippen molar-refractivity contribution in [1.29, 1.82) is 0 Å². The van der Waals surface area contributed by atoms with Crippen LogP contribution in [0.4, 0.5) is 5.69 Å². The van der Waals surface area contributed by atoms with Gasteiger partial charge in [0.1, 0.15) is 18.9 Å². The lowest BCUT2D eigenvalue weighted by molar-refractivity contribution is -0.119. The molecule has 0 heterocycles. The van der Waals surface area contributed by atoms with Gasteiger partial charge in [0, 0.05) is 0 Å². The van der Waals surface area contributed by atoms with Gasteiger partial charge in [0.2, 0.25) is 5.91 Å². The molecule has 1 amide bonds. The van der Waals surface area contributed by atoms with Crippen LogP contribution in [0.3, 0.4) is 0 Å². The van der Waals surface area contributed by atoms with E-state index in [1.807, 2.05) is 58.9 Å². The Morgan fingerprint density at radius 1 is 0.824 bits per heavy atom. The third-order valence-corrected chi connectivity index (χ3v) is 7.35. The summed E-state index contributed by atoms with van der Waals surface area (Å²) < 4.78 is 33.9. The zero-order valence-electron chi connectivity index (χ0n) is 20.4. The summed E-state index contributed by atoms with van der Waals surface area (Å²) in [5, 5.41) is 2.77. The summed E-state index contributed by atoms with van der Waals surface area (Å²) >= 11 is 0. The average molecular weight is 481 g/mol. The summed E-state index contributed by atoms with van der Waals surface area (Å²) in [4.78, 5) is 12.9. The van der Waals surface area contributed by atoms with Gasteiger partial charge < -0.3 is 10.1 Å². The molecular weight excluding hydrogens is 448 g/mol. The summed E-state index contributed by atoms with van der Waals surface area (Å²) in [7, 11) is -3.94. The van der Waals surface area contributed by atoms with Crippen LogP contribution >= 0.6 is 0 Å². The lowest BCUT2D eigenvalue weighted by Crippen LogP contribution is -2.42. The van der Waals surface area contributed by atoms with Gasteiger partial charge in [-0.3, -0.25) is 9.10 Å². The number of hydrogen-bond acceptors (Lipinski definition) is 4. The van der Waals surface area contributed by atoms with E-state index in [1.165, 1.54) is 5.56 Å². The van der Waals surface area contributed by atoms with E-state index in [0.29, 0.717) is 5.69 Å². The monoisotopic (exact) mass is 480 g/mol. The molecule has 3 rings (SSSR count). The van der Waals surface area contributed by atoms with E-state index in [2.05, 4.69) is 5.32 Å². The van der Waals surface area contributed by atoms with Gasteiger partial charge in [-0.2, -0.15) is 0 Å². The van der Waals surface area contributed by atoms with Crippen LogP contribution in [0.5, 0.6) is 5.75 Å². The predicted octanol–water partition coefficient (Wildman–Crippen LogP) is 4.62. The third-order valence-electron chi connectivity index (χ3n) is 5.56. The number of benzene rings is 3. The van der Waals surface area contributed by atoms with Gasteiger partial charge in [-0.1, -0.05) is 29.8 Å². The van der Waals surface area contributed by atoms with E-state index < -0.39 is 15.9 Å². The molecule has 0 bridgehead atoms. The minimum absolute atomic E-state index is 0.142. The molecule has 0 atom stereocenters. The van der Waals surface area contributed by atoms with E-state index in [4.69, 9.17) is 4.74 Å². The van der Waals surface area contributed by atoms with Gasteiger partial charge in [0.25, 0.3) is 10.0 Å². The molecule has 0 spiro atoms. The van der Waals surface area contributed by atoms with Crippen LogP contribution in [0.25, 0.3) is 0 Å². The number of nitrogens with one attached hydrogen (secondary N) is 1. The number of carbonyl (C=O) groups excluding carboxylic acids is 1. The lowest BCUT2D eigenvalue weighted by Gasteiger charge is -2.25. The summed E-state index contributed by atoms with van der Waals surface area (Å²) in [6.45, 7) is 9.95. The molecule has 0 aliphatic heterocycles. The van der Waals surface area contributed by atoms with Gasteiger partial charge in [-0.05, 0) is 93.3 Å². The fourth-order valence-electron chi connectivity index (χ4n) is 3.60. The number of ether oxygens (including phenoxy) is 1. The van der Waals surface area contributed by atoms with Crippen LogP contribution in [-0.2, 0) is 14.8 Å². The normalized spacial score (nSPS) is 11.2. The minimum atomic E-state index is -3.94. The molecule has 0 fully saturated rings. The number of aryl methyl sites for hydroxylation is 5. The quantitative estimate of drug-likeness (QED) is 0.454. The van der Waals surface area contributed by atoms with Gasteiger partial charge in [0.15, 0.2) is 0 Å². The largest absolute Gasteiger partial charge is 0.492 e. The van der Waals surface area contributed by atoms with E-state index in [9.17, 15) is 13.2 Å². The summed E-state index contributed by atoms with van der Waals surface area (Å²) in [5.41, 5.74) is 5.56. The van der Waals surface area contributed by atoms with Crippen LogP contribution in [0.1, 0.15) is 27.8 Å². The number of nitrogens with zero attached hydrogens (tertiary/aromatic N) is 1. The van der Waals surface area contributed by atoms with Crippen LogP contribution in [0.2, 0.25) is 0 Å². The summed E-state index contributed by atoms with van der Waals surface area (Å²) in [6.07, 6.45) is 0. The van der Waals surface area contributed by atoms with Crippen molar-refractivity contribution in [2.75, 3.05) is 24.0 Å². The standard InChI is InChI=1S/C27H32N2O4S/c1-19-6-10-26(11-7-19)34(31,32)29(24-15-20(2)14-21(3)16-24)18-27(30)28-12-13-33-25-9-8-22(4)23(5)17-25/h6-11,14-17H,12-13,18H2,1-5H3,(H,28,30). The molecule has 0 saturated carbocycles. The number of anilines is 1. The Kier molecular flexibility index (Phi) is 7.99. The Bertz CT molecular complexity index is 1250. The fraction of sp³-hybridized carbons (Fsp3) is 0.296. The molecular formula is C27H32N2O4S. The number of amides is 1. The number of rotatable bonds is 9. The second-order valence-electron chi connectivity index (χ2n) is 8.62. The van der Waals surface area contributed by atoms with E-state index >= 15 is 0 Å². The van der Waals surface area contributed by atoms with Crippen molar-refractivity contribution >= 4 is 21.6 Å². The molecule has 7 heteroatoms. The zero-order valence-corrected chi connectivity index (χ0v) is 21.2. The highest BCUT2D eigenvalue weighted by Crippen LogP contribution is 2.26. The van der Waals surface area contributed by atoms with Crippen LogP contribution < -0.4 is 14.4 Å². The lowest BCUT2D eigenvalue weighted by atomic mass is 10.1. The molecule has 6 nitrogen and oxygen atoms in total. The molecule has 180 valence electrons. The molecule has 34 heavy (non-hydrogen) atoms. The molecule has 3 aromatic rings. The maximum atomic E-state index is 13.5. The first kappa shape index (κ1) is 25.3. The minimum Gasteiger partial charge on any atom is -0.492 e. The van der Waals surface area contributed by atoms with Gasteiger partial charge in [-0.15, -0.1) is 0 Å². The maximum Gasteiger partial charge on any atom is 0.264 e. The van der Waals surface area contributed by atoms with Crippen molar-refractivity contribution in [2.24, 2.45) is 0 Å². The molecule has 0 aliphatic carbocycles. The van der Waals surface area contributed by atoms with Crippen LogP contribution in [0.15, 0.2) is 65.6 Å². The van der Waals surface area contributed by atoms with Crippen LogP contribution in [-0.4, -0.2) is 34.0 Å². The smallest absolute Gasteiger partial charge is 0.264 e. The van der Waals surface area contributed by atoms with E-state index in [-0.39, 0.29) is 24.6 Å². The molecule has 0 unspecified atom stereocenters. The first-order valence-corrected chi connectivity index (χ1v) is 12.6. The van der Waals surface area contributed by atoms with Crippen molar-refractivity contribution in [3.8, 4) is 5.75 Å². The Hall–Kier alpha value is -3.32. The van der Waals surface area contributed by atoms with Crippen molar-refractivity contribution in [3.63, 3.8) is 0 Å². The number of carbonyl (C=O) groups is 1. The van der Waals surface area contributed by atoms with E-state index in [0.717, 1.165) is 32.3 Å².